The fourth-order valence-corrected chi connectivity index (χ4v) is 5.24. The summed E-state index contributed by atoms with van der Waals surface area (Å²) < 4.78 is 5.64. The van der Waals surface area contributed by atoms with Gasteiger partial charge in [-0.15, -0.1) is 0 Å². The van der Waals surface area contributed by atoms with Gasteiger partial charge in [-0.2, -0.15) is 0 Å². The van der Waals surface area contributed by atoms with Gasteiger partial charge in [0.05, 0.1) is 18.4 Å². The molecule has 3 heterocycles. The summed E-state index contributed by atoms with van der Waals surface area (Å²) >= 11 is 0. The molecule has 178 valence electrons. The Morgan fingerprint density at radius 3 is 2.27 bits per heavy atom. The average Bonchev–Trinajstić information content (AvgIpc) is 3.14. The molecule has 1 aromatic heterocycles. The third kappa shape index (κ3) is 4.04. The second kappa shape index (κ2) is 8.10. The van der Waals surface area contributed by atoms with E-state index in [-0.39, 0.29) is 23.0 Å². The largest absolute Gasteiger partial charge is 0.443 e. The SMILES string of the molecule is CC(C)c1ccc([C@](O)(c2cncc(N3C[C@H](C(C)(C)C)OC3=O)c2)C2(C)CN(C)C2)cc1. The van der Waals surface area contributed by atoms with Crippen LogP contribution < -0.4 is 4.90 Å². The number of aromatic nitrogens is 1. The van der Waals surface area contributed by atoms with Crippen molar-refractivity contribution in [2.45, 2.75) is 59.2 Å². The number of carbonyl (C=O) groups is 1. The minimum absolute atomic E-state index is 0.154. The number of likely N-dealkylation sites (tertiary alicyclic amines) is 1. The number of aliphatic hydroxyl groups is 1. The highest BCUT2D eigenvalue weighted by atomic mass is 16.6. The van der Waals surface area contributed by atoms with Gasteiger partial charge in [-0.1, -0.05) is 65.8 Å². The number of pyridine rings is 1. The molecule has 6 nitrogen and oxygen atoms in total. The van der Waals surface area contributed by atoms with E-state index in [0.717, 1.165) is 18.7 Å². The number of anilines is 1. The summed E-state index contributed by atoms with van der Waals surface area (Å²) in [4.78, 5) is 21.0. The van der Waals surface area contributed by atoms with Crippen molar-refractivity contribution < 1.29 is 14.6 Å². The standard InChI is InChI=1S/C27H37N3O3/c1-18(2)19-8-10-20(11-9-19)27(32,26(6)16-29(7)17-26)21-12-22(14-28-13-21)30-15-23(25(3,4)5)33-24(30)31/h8-14,18,23,32H,15-17H2,1-7H3/t23-,27+/m1/s1. The van der Waals surface area contributed by atoms with Gasteiger partial charge in [-0.3, -0.25) is 9.88 Å². The van der Waals surface area contributed by atoms with Crippen LogP contribution in [-0.2, 0) is 10.3 Å². The zero-order chi connectivity index (χ0) is 24.2. The zero-order valence-electron chi connectivity index (χ0n) is 20.9. The molecule has 0 aliphatic carbocycles. The van der Waals surface area contributed by atoms with Gasteiger partial charge in [0.1, 0.15) is 11.7 Å². The molecule has 0 bridgehead atoms. The number of amides is 1. The lowest BCUT2D eigenvalue weighted by molar-refractivity contribution is -0.127. The van der Waals surface area contributed by atoms with E-state index in [9.17, 15) is 9.90 Å². The van der Waals surface area contributed by atoms with Crippen molar-refractivity contribution in [2.75, 3.05) is 31.6 Å². The van der Waals surface area contributed by atoms with E-state index in [1.165, 1.54) is 5.56 Å². The lowest BCUT2D eigenvalue weighted by Gasteiger charge is -2.56. The molecule has 2 saturated heterocycles. The number of carbonyl (C=O) groups excluding carboxylic acids is 1. The summed E-state index contributed by atoms with van der Waals surface area (Å²) in [5.74, 6) is 0.416. The lowest BCUT2D eigenvalue weighted by atomic mass is 9.62. The number of nitrogens with zero attached hydrogens (tertiary/aromatic N) is 3. The van der Waals surface area contributed by atoms with Crippen molar-refractivity contribution in [2.24, 2.45) is 10.8 Å². The quantitative estimate of drug-likeness (QED) is 0.710. The Morgan fingerprint density at radius 1 is 1.12 bits per heavy atom. The monoisotopic (exact) mass is 451 g/mol. The smallest absolute Gasteiger partial charge is 0.414 e. The molecule has 0 saturated carbocycles. The second-order valence-corrected chi connectivity index (χ2v) is 11.5. The molecule has 6 heteroatoms. The molecule has 0 unspecified atom stereocenters. The van der Waals surface area contributed by atoms with Crippen molar-refractivity contribution in [3.05, 3.63) is 59.4 Å². The van der Waals surface area contributed by atoms with Crippen LogP contribution in [0.5, 0.6) is 0 Å². The Hall–Kier alpha value is -2.44. The summed E-state index contributed by atoms with van der Waals surface area (Å²) in [6.45, 7) is 14.6. The molecule has 2 aliphatic rings. The van der Waals surface area contributed by atoms with Crippen LogP contribution in [0.25, 0.3) is 0 Å². The van der Waals surface area contributed by atoms with Crippen molar-refractivity contribution in [3.8, 4) is 0 Å². The Labute approximate surface area is 197 Å². The molecule has 2 atom stereocenters. The van der Waals surface area contributed by atoms with Crippen LogP contribution in [-0.4, -0.2) is 53.9 Å². The minimum Gasteiger partial charge on any atom is -0.443 e. The zero-order valence-corrected chi connectivity index (χ0v) is 20.9. The first-order valence-corrected chi connectivity index (χ1v) is 11.8. The first-order chi connectivity index (χ1) is 15.3. The number of hydrogen-bond donors (Lipinski definition) is 1. The molecule has 0 radical (unpaired) electrons. The van der Waals surface area contributed by atoms with Gasteiger partial charge < -0.3 is 14.7 Å². The Morgan fingerprint density at radius 2 is 1.76 bits per heavy atom. The molecule has 2 fully saturated rings. The third-order valence-corrected chi connectivity index (χ3v) is 7.34. The summed E-state index contributed by atoms with van der Waals surface area (Å²) in [6, 6.07) is 10.2. The maximum absolute atomic E-state index is 12.7. The summed E-state index contributed by atoms with van der Waals surface area (Å²) in [6.07, 6.45) is 2.83. The summed E-state index contributed by atoms with van der Waals surface area (Å²) in [7, 11) is 2.06. The Balaban J connectivity index is 1.76. The molecule has 4 rings (SSSR count). The predicted molar refractivity (Wildman–Crippen MR) is 130 cm³/mol. The number of hydrogen-bond acceptors (Lipinski definition) is 5. The van der Waals surface area contributed by atoms with Crippen LogP contribution in [0, 0.1) is 10.8 Å². The van der Waals surface area contributed by atoms with E-state index in [0.29, 0.717) is 23.7 Å². The third-order valence-electron chi connectivity index (χ3n) is 7.34. The van der Waals surface area contributed by atoms with Crippen molar-refractivity contribution in [3.63, 3.8) is 0 Å². The van der Waals surface area contributed by atoms with Crippen molar-refractivity contribution >= 4 is 11.8 Å². The van der Waals surface area contributed by atoms with Crippen LogP contribution in [0.15, 0.2) is 42.7 Å². The fraction of sp³-hybridized carbons (Fsp3) is 0.556. The van der Waals surface area contributed by atoms with E-state index >= 15 is 0 Å². The van der Waals surface area contributed by atoms with Gasteiger partial charge >= 0.3 is 6.09 Å². The molecule has 0 spiro atoms. The van der Waals surface area contributed by atoms with Crippen LogP contribution in [0.2, 0.25) is 0 Å². The second-order valence-electron chi connectivity index (χ2n) is 11.5. The van der Waals surface area contributed by atoms with E-state index < -0.39 is 5.60 Å². The van der Waals surface area contributed by atoms with E-state index in [2.05, 4.69) is 70.6 Å². The van der Waals surface area contributed by atoms with Gasteiger partial charge in [0.2, 0.25) is 0 Å². The molecule has 33 heavy (non-hydrogen) atoms. The number of cyclic esters (lactones) is 1. The molecule has 1 N–H and O–H groups in total. The number of benzene rings is 1. The van der Waals surface area contributed by atoms with Gasteiger partial charge in [0, 0.05) is 35.7 Å². The topological polar surface area (TPSA) is 65.9 Å². The molecule has 2 aromatic rings. The van der Waals surface area contributed by atoms with Gasteiger partial charge in [0.25, 0.3) is 0 Å². The average molecular weight is 452 g/mol. The fourth-order valence-electron chi connectivity index (χ4n) is 5.24. The first-order valence-electron chi connectivity index (χ1n) is 11.8. The molecular formula is C27H37N3O3. The first kappa shape index (κ1) is 23.7. The van der Waals surface area contributed by atoms with Crippen LogP contribution >= 0.6 is 0 Å². The maximum atomic E-state index is 12.7. The van der Waals surface area contributed by atoms with Crippen LogP contribution in [0.3, 0.4) is 0 Å². The minimum atomic E-state index is -1.24. The summed E-state index contributed by atoms with van der Waals surface area (Å²) in [5.41, 5.74) is 1.64. The van der Waals surface area contributed by atoms with E-state index in [1.807, 2.05) is 18.2 Å². The normalized spacial score (nSPS) is 22.8. The van der Waals surface area contributed by atoms with Gasteiger partial charge in [0.15, 0.2) is 0 Å². The van der Waals surface area contributed by atoms with E-state index in [1.54, 1.807) is 17.3 Å². The summed E-state index contributed by atoms with van der Waals surface area (Å²) in [5, 5.41) is 12.4. The maximum Gasteiger partial charge on any atom is 0.414 e. The highest BCUT2D eigenvalue weighted by Gasteiger charge is 2.55. The van der Waals surface area contributed by atoms with Crippen LogP contribution in [0.4, 0.5) is 10.5 Å². The number of rotatable bonds is 5. The van der Waals surface area contributed by atoms with Crippen LogP contribution in [0.1, 0.15) is 64.2 Å². The molecule has 2 aliphatic heterocycles. The highest BCUT2D eigenvalue weighted by molar-refractivity contribution is 5.89. The van der Waals surface area contributed by atoms with Gasteiger partial charge in [-0.25, -0.2) is 4.79 Å². The Bertz CT molecular complexity index is 1020. The van der Waals surface area contributed by atoms with Crippen molar-refractivity contribution in [1.82, 2.24) is 9.88 Å². The Kier molecular flexibility index (Phi) is 5.82. The van der Waals surface area contributed by atoms with Crippen molar-refractivity contribution in [1.29, 1.82) is 0 Å². The van der Waals surface area contributed by atoms with Gasteiger partial charge in [-0.05, 0) is 30.2 Å². The predicted octanol–water partition coefficient (Wildman–Crippen LogP) is 4.76. The van der Waals surface area contributed by atoms with E-state index in [4.69, 9.17) is 4.74 Å². The number of ether oxygens (including phenoxy) is 1. The molecular weight excluding hydrogens is 414 g/mol. The highest BCUT2D eigenvalue weighted by Crippen LogP contribution is 2.50. The molecule has 1 aromatic carbocycles. The lowest BCUT2D eigenvalue weighted by Crippen LogP contribution is -2.63. The molecule has 1 amide bonds.